The second kappa shape index (κ2) is 12.2. The molecule has 0 bridgehead atoms. The predicted molar refractivity (Wildman–Crippen MR) is 142 cm³/mol. The molecule has 1 fully saturated rings. The standard InChI is InChI=1S/C30H33N3O3/c1-33(26-15-9-4-10-16-26)30(36)24-17-19-25(20-18-24)31-28(34)21-27(22-11-5-2-6-12-22)32-29(35)23-13-7-3-8-14-23/h2-3,5-8,11-14,17-20,26-27H,4,9-10,15-16,21H2,1H3,(H,31,34)(H,32,35). The third kappa shape index (κ3) is 6.60. The Hall–Kier alpha value is -3.93. The molecule has 1 saturated carbocycles. The van der Waals surface area contributed by atoms with Gasteiger partial charge in [0.1, 0.15) is 0 Å². The summed E-state index contributed by atoms with van der Waals surface area (Å²) < 4.78 is 0. The van der Waals surface area contributed by atoms with Crippen LogP contribution in [-0.4, -0.2) is 35.7 Å². The van der Waals surface area contributed by atoms with Crippen LogP contribution in [0.15, 0.2) is 84.9 Å². The average Bonchev–Trinajstić information content (AvgIpc) is 2.93. The summed E-state index contributed by atoms with van der Waals surface area (Å²) >= 11 is 0. The van der Waals surface area contributed by atoms with E-state index in [1.807, 2.05) is 48.3 Å². The first-order chi connectivity index (χ1) is 17.5. The van der Waals surface area contributed by atoms with E-state index in [4.69, 9.17) is 0 Å². The number of hydrogen-bond donors (Lipinski definition) is 2. The molecule has 4 rings (SSSR count). The molecule has 0 aromatic heterocycles. The first kappa shape index (κ1) is 25.2. The Kier molecular flexibility index (Phi) is 8.50. The van der Waals surface area contributed by atoms with Crippen molar-refractivity contribution in [2.24, 2.45) is 0 Å². The maximum Gasteiger partial charge on any atom is 0.253 e. The Morgan fingerprint density at radius 2 is 1.42 bits per heavy atom. The summed E-state index contributed by atoms with van der Waals surface area (Å²) in [5.41, 5.74) is 2.61. The number of rotatable bonds is 8. The Labute approximate surface area is 212 Å². The van der Waals surface area contributed by atoms with Crippen molar-refractivity contribution in [1.82, 2.24) is 10.2 Å². The van der Waals surface area contributed by atoms with Gasteiger partial charge < -0.3 is 15.5 Å². The Morgan fingerprint density at radius 1 is 0.806 bits per heavy atom. The lowest BCUT2D eigenvalue weighted by Crippen LogP contribution is -2.38. The molecule has 0 aliphatic heterocycles. The summed E-state index contributed by atoms with van der Waals surface area (Å²) in [6, 6.07) is 25.2. The average molecular weight is 484 g/mol. The predicted octanol–water partition coefficient (Wildman–Crippen LogP) is 5.59. The van der Waals surface area contributed by atoms with Crippen LogP contribution >= 0.6 is 0 Å². The highest BCUT2D eigenvalue weighted by molar-refractivity contribution is 5.97. The van der Waals surface area contributed by atoms with Gasteiger partial charge in [-0.3, -0.25) is 14.4 Å². The fraction of sp³-hybridized carbons (Fsp3) is 0.300. The molecule has 3 aromatic carbocycles. The van der Waals surface area contributed by atoms with Crippen LogP contribution in [0.2, 0.25) is 0 Å². The molecule has 3 aromatic rings. The number of carbonyl (C=O) groups is 3. The molecule has 6 heteroatoms. The largest absolute Gasteiger partial charge is 0.345 e. The summed E-state index contributed by atoms with van der Waals surface area (Å²) in [5.74, 6) is -0.453. The Bertz CT molecular complexity index is 1160. The normalized spacial score (nSPS) is 14.5. The van der Waals surface area contributed by atoms with Gasteiger partial charge in [-0.2, -0.15) is 0 Å². The Balaban J connectivity index is 1.39. The second-order valence-corrected chi connectivity index (χ2v) is 9.34. The van der Waals surface area contributed by atoms with Crippen molar-refractivity contribution >= 4 is 23.4 Å². The van der Waals surface area contributed by atoms with Gasteiger partial charge in [0.25, 0.3) is 11.8 Å². The van der Waals surface area contributed by atoms with E-state index in [-0.39, 0.29) is 24.1 Å². The highest BCUT2D eigenvalue weighted by Gasteiger charge is 2.23. The molecule has 186 valence electrons. The maximum absolute atomic E-state index is 12.9. The van der Waals surface area contributed by atoms with E-state index in [0.29, 0.717) is 22.9 Å². The number of anilines is 1. The van der Waals surface area contributed by atoms with Crippen molar-refractivity contribution in [3.8, 4) is 0 Å². The highest BCUT2D eigenvalue weighted by atomic mass is 16.2. The molecule has 1 aliphatic carbocycles. The van der Waals surface area contributed by atoms with Crippen LogP contribution in [0.5, 0.6) is 0 Å². The van der Waals surface area contributed by atoms with E-state index in [0.717, 1.165) is 18.4 Å². The number of amides is 3. The molecule has 1 aliphatic rings. The number of hydrogen-bond acceptors (Lipinski definition) is 3. The third-order valence-electron chi connectivity index (χ3n) is 6.79. The van der Waals surface area contributed by atoms with E-state index < -0.39 is 6.04 Å². The second-order valence-electron chi connectivity index (χ2n) is 9.34. The van der Waals surface area contributed by atoms with Gasteiger partial charge in [0.15, 0.2) is 0 Å². The summed E-state index contributed by atoms with van der Waals surface area (Å²) in [7, 11) is 1.88. The lowest BCUT2D eigenvalue weighted by Gasteiger charge is -2.31. The van der Waals surface area contributed by atoms with Crippen molar-refractivity contribution < 1.29 is 14.4 Å². The summed E-state index contributed by atoms with van der Waals surface area (Å²) in [4.78, 5) is 40.4. The van der Waals surface area contributed by atoms with Gasteiger partial charge in [-0.15, -0.1) is 0 Å². The fourth-order valence-corrected chi connectivity index (χ4v) is 4.70. The third-order valence-corrected chi connectivity index (χ3v) is 6.79. The Morgan fingerprint density at radius 3 is 2.06 bits per heavy atom. The van der Waals surface area contributed by atoms with Gasteiger partial charge in [0.05, 0.1) is 12.5 Å². The minimum atomic E-state index is -0.483. The molecule has 3 amide bonds. The van der Waals surface area contributed by atoms with Crippen molar-refractivity contribution in [1.29, 1.82) is 0 Å². The monoisotopic (exact) mass is 483 g/mol. The molecule has 0 radical (unpaired) electrons. The number of nitrogens with one attached hydrogen (secondary N) is 2. The summed E-state index contributed by atoms with van der Waals surface area (Å²) in [6.07, 6.45) is 5.77. The minimum absolute atomic E-state index is 0.00698. The lowest BCUT2D eigenvalue weighted by molar-refractivity contribution is -0.116. The van der Waals surface area contributed by atoms with Gasteiger partial charge in [-0.25, -0.2) is 0 Å². The van der Waals surface area contributed by atoms with Crippen LogP contribution in [0.25, 0.3) is 0 Å². The fourth-order valence-electron chi connectivity index (χ4n) is 4.70. The quantitative estimate of drug-likeness (QED) is 0.438. The van der Waals surface area contributed by atoms with Gasteiger partial charge in [-0.1, -0.05) is 67.8 Å². The molecular weight excluding hydrogens is 450 g/mol. The van der Waals surface area contributed by atoms with Crippen molar-refractivity contribution in [3.63, 3.8) is 0 Å². The smallest absolute Gasteiger partial charge is 0.253 e. The lowest BCUT2D eigenvalue weighted by atomic mass is 9.94. The van der Waals surface area contributed by atoms with Crippen LogP contribution in [0.4, 0.5) is 5.69 Å². The van der Waals surface area contributed by atoms with E-state index >= 15 is 0 Å². The molecule has 6 nitrogen and oxygen atoms in total. The van der Waals surface area contributed by atoms with Crippen molar-refractivity contribution in [2.75, 3.05) is 12.4 Å². The van der Waals surface area contributed by atoms with E-state index in [1.54, 1.807) is 48.5 Å². The first-order valence-electron chi connectivity index (χ1n) is 12.6. The van der Waals surface area contributed by atoms with E-state index in [9.17, 15) is 14.4 Å². The van der Waals surface area contributed by atoms with Gasteiger partial charge in [0, 0.05) is 29.9 Å². The van der Waals surface area contributed by atoms with Gasteiger partial charge in [-0.05, 0) is 54.8 Å². The zero-order chi connectivity index (χ0) is 25.3. The van der Waals surface area contributed by atoms with Gasteiger partial charge >= 0.3 is 0 Å². The van der Waals surface area contributed by atoms with Crippen LogP contribution in [-0.2, 0) is 4.79 Å². The zero-order valence-corrected chi connectivity index (χ0v) is 20.7. The van der Waals surface area contributed by atoms with Crippen LogP contribution in [0, 0.1) is 0 Å². The van der Waals surface area contributed by atoms with E-state index in [1.165, 1.54) is 19.3 Å². The molecule has 0 spiro atoms. The molecule has 1 unspecified atom stereocenters. The summed E-state index contributed by atoms with van der Waals surface area (Å²) in [5, 5.41) is 5.88. The highest BCUT2D eigenvalue weighted by Crippen LogP contribution is 2.24. The van der Waals surface area contributed by atoms with Crippen molar-refractivity contribution in [2.45, 2.75) is 50.6 Å². The molecular formula is C30H33N3O3. The number of carbonyl (C=O) groups excluding carboxylic acids is 3. The minimum Gasteiger partial charge on any atom is -0.345 e. The van der Waals surface area contributed by atoms with Crippen LogP contribution < -0.4 is 10.6 Å². The zero-order valence-electron chi connectivity index (χ0n) is 20.7. The summed E-state index contributed by atoms with van der Waals surface area (Å²) in [6.45, 7) is 0. The SMILES string of the molecule is CN(C(=O)c1ccc(NC(=O)CC(NC(=O)c2ccccc2)c2ccccc2)cc1)C1CCCCC1. The number of nitrogens with zero attached hydrogens (tertiary/aromatic N) is 1. The molecule has 0 saturated heterocycles. The number of benzene rings is 3. The van der Waals surface area contributed by atoms with Gasteiger partial charge in [0.2, 0.25) is 5.91 Å². The maximum atomic E-state index is 12.9. The van der Waals surface area contributed by atoms with Crippen molar-refractivity contribution in [3.05, 3.63) is 102 Å². The molecule has 1 atom stereocenters. The van der Waals surface area contributed by atoms with Crippen LogP contribution in [0.1, 0.15) is 70.8 Å². The molecule has 2 N–H and O–H groups in total. The van der Waals surface area contributed by atoms with E-state index in [2.05, 4.69) is 10.6 Å². The molecule has 0 heterocycles. The topological polar surface area (TPSA) is 78.5 Å². The first-order valence-corrected chi connectivity index (χ1v) is 12.6. The molecule has 36 heavy (non-hydrogen) atoms. The van der Waals surface area contributed by atoms with Crippen LogP contribution in [0.3, 0.4) is 0 Å².